The lowest BCUT2D eigenvalue weighted by molar-refractivity contribution is -0.122. The molecule has 1 aromatic rings. The number of carbonyl (C=O) groups excluding carboxylic acids is 2. The Morgan fingerprint density at radius 1 is 1.53 bits per heavy atom. The zero-order chi connectivity index (χ0) is 13.8. The summed E-state index contributed by atoms with van der Waals surface area (Å²) in [6.07, 6.45) is 2.58. The molecule has 2 amide bonds. The van der Waals surface area contributed by atoms with E-state index in [2.05, 4.69) is 5.32 Å². The molecule has 0 unspecified atom stereocenters. The molecule has 1 heterocycles. The van der Waals surface area contributed by atoms with Gasteiger partial charge in [-0.15, -0.1) is 0 Å². The van der Waals surface area contributed by atoms with Crippen LogP contribution in [0.1, 0.15) is 6.42 Å². The van der Waals surface area contributed by atoms with Gasteiger partial charge in [-0.3, -0.25) is 14.5 Å². The number of nitrogens with one attached hydrogen (secondary N) is 1. The number of thioether (sulfide) groups is 1. The zero-order valence-corrected chi connectivity index (χ0v) is 11.6. The van der Waals surface area contributed by atoms with Crippen LogP contribution >= 0.6 is 11.8 Å². The summed E-state index contributed by atoms with van der Waals surface area (Å²) < 4.78 is 0. The number of amides is 2. The van der Waals surface area contributed by atoms with E-state index in [-0.39, 0.29) is 18.4 Å². The van der Waals surface area contributed by atoms with Crippen LogP contribution in [0, 0.1) is 0 Å². The molecule has 1 aromatic carbocycles. The fraction of sp³-hybridized carbons (Fsp3) is 0.385. The first-order valence-electron chi connectivity index (χ1n) is 6.08. The Morgan fingerprint density at radius 3 is 3.00 bits per heavy atom. The van der Waals surface area contributed by atoms with Gasteiger partial charge < -0.3 is 11.1 Å². The third-order valence-electron chi connectivity index (χ3n) is 2.99. The Kier molecular flexibility index (Phi) is 4.44. The van der Waals surface area contributed by atoms with Gasteiger partial charge >= 0.3 is 0 Å². The fourth-order valence-corrected chi connectivity index (χ4v) is 2.49. The molecule has 1 atom stereocenters. The number of benzene rings is 1. The first-order chi connectivity index (χ1) is 9.13. The molecule has 1 aliphatic heterocycles. The maximum atomic E-state index is 12.3. The number of anilines is 2. The average molecular weight is 279 g/mol. The Bertz CT molecular complexity index is 493. The normalized spacial score (nSPS) is 15.7. The number of nitrogens with two attached hydrogens (primary N) is 1. The molecule has 19 heavy (non-hydrogen) atoms. The lowest BCUT2D eigenvalue weighted by Crippen LogP contribution is -2.49. The summed E-state index contributed by atoms with van der Waals surface area (Å²) in [5.74, 6) is 0.440. The van der Waals surface area contributed by atoms with Gasteiger partial charge in [0.15, 0.2) is 0 Å². The van der Waals surface area contributed by atoms with Crippen LogP contribution in [-0.2, 0) is 9.59 Å². The topological polar surface area (TPSA) is 75.4 Å². The first kappa shape index (κ1) is 13.9. The number of para-hydroxylation sites is 2. The number of nitrogens with zero attached hydrogens (tertiary/aromatic N) is 1. The second-order valence-electron chi connectivity index (χ2n) is 4.38. The number of carbonyl (C=O) groups is 2. The van der Waals surface area contributed by atoms with Gasteiger partial charge in [0.1, 0.15) is 6.54 Å². The van der Waals surface area contributed by atoms with Gasteiger partial charge in [-0.1, -0.05) is 12.1 Å². The van der Waals surface area contributed by atoms with Crippen LogP contribution in [0.2, 0.25) is 0 Å². The molecule has 102 valence electrons. The molecule has 0 bridgehead atoms. The Labute approximate surface area is 116 Å². The van der Waals surface area contributed by atoms with E-state index in [1.165, 1.54) is 4.90 Å². The first-order valence-corrected chi connectivity index (χ1v) is 7.47. The molecule has 3 N–H and O–H groups in total. The Balaban J connectivity index is 2.20. The van der Waals surface area contributed by atoms with Crippen molar-refractivity contribution in [2.24, 2.45) is 5.73 Å². The third kappa shape index (κ3) is 3.08. The number of fused-ring (bicyclic) bond motifs is 1. The van der Waals surface area contributed by atoms with Crippen LogP contribution < -0.4 is 16.0 Å². The minimum Gasteiger partial charge on any atom is -0.323 e. The van der Waals surface area contributed by atoms with Gasteiger partial charge in [0, 0.05) is 0 Å². The van der Waals surface area contributed by atoms with E-state index < -0.39 is 6.04 Å². The standard InChI is InChI=1S/C13H17N3O2S/c1-19-7-6-9(14)13(18)16-8-12(17)15-10-4-2-3-5-11(10)16/h2-5,9H,6-8,14H2,1H3,(H,15,17)/t9-/m0/s1. The van der Waals surface area contributed by atoms with Gasteiger partial charge in [-0.05, 0) is 30.6 Å². The van der Waals surface area contributed by atoms with E-state index in [4.69, 9.17) is 5.73 Å². The molecule has 5 nitrogen and oxygen atoms in total. The van der Waals surface area contributed by atoms with E-state index in [1.54, 1.807) is 17.8 Å². The average Bonchev–Trinajstić information content (AvgIpc) is 2.42. The van der Waals surface area contributed by atoms with Crippen molar-refractivity contribution in [2.45, 2.75) is 12.5 Å². The summed E-state index contributed by atoms with van der Waals surface area (Å²) in [6, 6.07) is 6.69. The SMILES string of the molecule is CSCC[C@H](N)C(=O)N1CC(=O)Nc2ccccc21. The van der Waals surface area contributed by atoms with Crippen molar-refractivity contribution < 1.29 is 9.59 Å². The highest BCUT2D eigenvalue weighted by Gasteiger charge is 2.29. The highest BCUT2D eigenvalue weighted by molar-refractivity contribution is 7.98. The van der Waals surface area contributed by atoms with Crippen LogP contribution in [-0.4, -0.2) is 36.4 Å². The van der Waals surface area contributed by atoms with Crippen LogP contribution in [0.3, 0.4) is 0 Å². The summed E-state index contributed by atoms with van der Waals surface area (Å²) in [5, 5.41) is 2.75. The zero-order valence-electron chi connectivity index (χ0n) is 10.8. The molecule has 0 spiro atoms. The lowest BCUT2D eigenvalue weighted by atomic mass is 10.1. The molecule has 2 rings (SSSR count). The van der Waals surface area contributed by atoms with E-state index in [9.17, 15) is 9.59 Å². The Hall–Kier alpha value is -1.53. The van der Waals surface area contributed by atoms with Crippen molar-refractivity contribution >= 4 is 35.0 Å². The summed E-state index contributed by atoms with van der Waals surface area (Å²) in [6.45, 7) is 0.0306. The summed E-state index contributed by atoms with van der Waals surface area (Å²) >= 11 is 1.65. The molecule has 6 heteroatoms. The van der Waals surface area contributed by atoms with Gasteiger partial charge in [0.2, 0.25) is 11.8 Å². The van der Waals surface area contributed by atoms with Crippen molar-refractivity contribution in [3.8, 4) is 0 Å². The maximum absolute atomic E-state index is 12.3. The van der Waals surface area contributed by atoms with E-state index in [0.717, 1.165) is 5.75 Å². The van der Waals surface area contributed by atoms with Crippen LogP contribution in [0.15, 0.2) is 24.3 Å². The molecule has 0 aromatic heterocycles. The van der Waals surface area contributed by atoms with Crippen LogP contribution in [0.25, 0.3) is 0 Å². The van der Waals surface area contributed by atoms with E-state index in [0.29, 0.717) is 17.8 Å². The van der Waals surface area contributed by atoms with Gasteiger partial charge in [-0.25, -0.2) is 0 Å². The van der Waals surface area contributed by atoms with Crippen LogP contribution in [0.4, 0.5) is 11.4 Å². The molecule has 0 saturated heterocycles. The monoisotopic (exact) mass is 279 g/mol. The van der Waals surface area contributed by atoms with Gasteiger partial charge in [0.25, 0.3) is 0 Å². The van der Waals surface area contributed by atoms with Crippen molar-refractivity contribution in [3.63, 3.8) is 0 Å². The number of rotatable bonds is 4. The van der Waals surface area contributed by atoms with Gasteiger partial charge in [-0.2, -0.15) is 11.8 Å². The fourth-order valence-electron chi connectivity index (χ4n) is 2.00. The number of hydrogen-bond donors (Lipinski definition) is 2. The minimum atomic E-state index is -0.564. The minimum absolute atomic E-state index is 0.0306. The highest BCUT2D eigenvalue weighted by Crippen LogP contribution is 2.29. The molecule has 0 fully saturated rings. The van der Waals surface area contributed by atoms with Crippen LogP contribution in [0.5, 0.6) is 0 Å². The van der Waals surface area contributed by atoms with E-state index >= 15 is 0 Å². The summed E-state index contributed by atoms with van der Waals surface area (Å²) in [7, 11) is 0. The second kappa shape index (κ2) is 6.08. The molecule has 0 radical (unpaired) electrons. The van der Waals surface area contributed by atoms with Crippen molar-refractivity contribution in [1.29, 1.82) is 0 Å². The smallest absolute Gasteiger partial charge is 0.244 e. The predicted octanol–water partition coefficient (Wildman–Crippen LogP) is 1.05. The maximum Gasteiger partial charge on any atom is 0.244 e. The highest BCUT2D eigenvalue weighted by atomic mass is 32.2. The molecule has 1 aliphatic rings. The predicted molar refractivity (Wildman–Crippen MR) is 78.4 cm³/mol. The third-order valence-corrected chi connectivity index (χ3v) is 3.63. The van der Waals surface area contributed by atoms with Gasteiger partial charge in [0.05, 0.1) is 17.4 Å². The number of hydrogen-bond acceptors (Lipinski definition) is 4. The quantitative estimate of drug-likeness (QED) is 0.864. The second-order valence-corrected chi connectivity index (χ2v) is 5.36. The largest absolute Gasteiger partial charge is 0.323 e. The van der Waals surface area contributed by atoms with E-state index in [1.807, 2.05) is 24.5 Å². The van der Waals surface area contributed by atoms with Crippen molar-refractivity contribution in [1.82, 2.24) is 0 Å². The lowest BCUT2D eigenvalue weighted by Gasteiger charge is -2.30. The van der Waals surface area contributed by atoms with Crippen molar-refractivity contribution in [2.75, 3.05) is 28.8 Å². The molecule has 0 aliphatic carbocycles. The Morgan fingerprint density at radius 2 is 2.26 bits per heavy atom. The molecular formula is C13H17N3O2S. The van der Waals surface area contributed by atoms with Crippen molar-refractivity contribution in [3.05, 3.63) is 24.3 Å². The molecular weight excluding hydrogens is 262 g/mol. The summed E-state index contributed by atoms with van der Waals surface area (Å²) in [4.78, 5) is 25.4. The summed E-state index contributed by atoms with van der Waals surface area (Å²) in [5.41, 5.74) is 7.27. The molecule has 0 saturated carbocycles.